The summed E-state index contributed by atoms with van der Waals surface area (Å²) in [6.07, 6.45) is 1.92. The van der Waals surface area contributed by atoms with Gasteiger partial charge in [0.1, 0.15) is 5.82 Å². The highest BCUT2D eigenvalue weighted by Gasteiger charge is 2.16. The Morgan fingerprint density at radius 2 is 1.82 bits per heavy atom. The lowest BCUT2D eigenvalue weighted by Crippen LogP contribution is -2.36. The third-order valence-electron chi connectivity index (χ3n) is 4.80. The Morgan fingerprint density at radius 3 is 2.43 bits per heavy atom. The highest BCUT2D eigenvalue weighted by molar-refractivity contribution is 5.74. The number of hydrogen-bond donors (Lipinski definition) is 1. The van der Waals surface area contributed by atoms with Gasteiger partial charge in [-0.1, -0.05) is 0 Å². The van der Waals surface area contributed by atoms with Crippen LogP contribution in [0, 0.1) is 26.6 Å². The summed E-state index contributed by atoms with van der Waals surface area (Å²) in [6, 6.07) is 6.00. The predicted molar refractivity (Wildman–Crippen MR) is 105 cm³/mol. The fraction of sp³-hybridized carbons (Fsp3) is 0.350. The molecular formula is C20H25FN6O. The number of aryl methyl sites for hydroxylation is 3. The zero-order valence-electron chi connectivity index (χ0n) is 16.8. The van der Waals surface area contributed by atoms with Gasteiger partial charge in [0.25, 0.3) is 0 Å². The molecule has 0 fully saturated rings. The van der Waals surface area contributed by atoms with Crippen molar-refractivity contribution in [3.8, 4) is 5.69 Å². The molecule has 28 heavy (non-hydrogen) atoms. The van der Waals surface area contributed by atoms with Crippen LogP contribution in [0.4, 0.5) is 9.18 Å². The molecule has 8 heteroatoms. The van der Waals surface area contributed by atoms with Crippen molar-refractivity contribution >= 4 is 6.03 Å². The molecule has 0 aliphatic rings. The maximum absolute atomic E-state index is 13.2. The van der Waals surface area contributed by atoms with E-state index in [9.17, 15) is 9.18 Å². The maximum atomic E-state index is 13.2. The molecule has 7 nitrogen and oxygen atoms in total. The lowest BCUT2D eigenvalue weighted by atomic mass is 10.2. The van der Waals surface area contributed by atoms with Gasteiger partial charge in [0, 0.05) is 43.7 Å². The number of nitrogens with one attached hydrogen (secondary N) is 1. The van der Waals surface area contributed by atoms with Crippen molar-refractivity contribution < 1.29 is 9.18 Å². The lowest BCUT2D eigenvalue weighted by Gasteiger charge is -2.17. The van der Waals surface area contributed by atoms with Crippen LogP contribution >= 0.6 is 0 Å². The number of aromatic nitrogens is 4. The minimum Gasteiger partial charge on any atom is -0.334 e. The third-order valence-corrected chi connectivity index (χ3v) is 4.80. The van der Waals surface area contributed by atoms with Crippen LogP contribution in [0.1, 0.15) is 28.2 Å². The highest BCUT2D eigenvalue weighted by Crippen LogP contribution is 2.18. The second-order valence-electron chi connectivity index (χ2n) is 6.97. The van der Waals surface area contributed by atoms with Crippen molar-refractivity contribution in [1.29, 1.82) is 0 Å². The Kier molecular flexibility index (Phi) is 5.48. The van der Waals surface area contributed by atoms with Gasteiger partial charge in [0.15, 0.2) is 0 Å². The summed E-state index contributed by atoms with van der Waals surface area (Å²) in [5.74, 6) is -0.287. The summed E-state index contributed by atoms with van der Waals surface area (Å²) in [5.41, 5.74) is 5.39. The Labute approximate surface area is 163 Å². The minimum atomic E-state index is -0.287. The van der Waals surface area contributed by atoms with Crippen molar-refractivity contribution in [2.75, 3.05) is 7.05 Å². The molecule has 1 N–H and O–H groups in total. The van der Waals surface area contributed by atoms with Gasteiger partial charge >= 0.3 is 6.03 Å². The fourth-order valence-corrected chi connectivity index (χ4v) is 3.19. The molecule has 0 saturated carbocycles. The van der Waals surface area contributed by atoms with Crippen LogP contribution in [0.2, 0.25) is 0 Å². The first kappa shape index (κ1) is 19.6. The summed E-state index contributed by atoms with van der Waals surface area (Å²) < 4.78 is 16.7. The van der Waals surface area contributed by atoms with E-state index in [0.717, 1.165) is 33.9 Å². The standard InChI is InChI=1S/C20H25FN6O/c1-13-16(12-26(5)23-13)11-25(4)20(28)22-10-19-14(2)24-27(15(19)3)18-8-6-17(21)7-9-18/h6-9,12H,10-11H2,1-5H3,(H,22,28). The molecule has 0 spiro atoms. The van der Waals surface area contributed by atoms with Crippen LogP contribution in [-0.4, -0.2) is 37.5 Å². The molecule has 148 valence electrons. The maximum Gasteiger partial charge on any atom is 0.317 e. The van der Waals surface area contributed by atoms with Crippen molar-refractivity contribution in [3.63, 3.8) is 0 Å². The number of hydrogen-bond acceptors (Lipinski definition) is 3. The van der Waals surface area contributed by atoms with Gasteiger partial charge in [-0.25, -0.2) is 13.9 Å². The largest absolute Gasteiger partial charge is 0.334 e. The van der Waals surface area contributed by atoms with E-state index in [4.69, 9.17) is 0 Å². The third kappa shape index (κ3) is 4.05. The number of halogens is 1. The molecule has 0 radical (unpaired) electrons. The van der Waals surface area contributed by atoms with E-state index in [1.807, 2.05) is 34.0 Å². The van der Waals surface area contributed by atoms with E-state index >= 15 is 0 Å². The van der Waals surface area contributed by atoms with Crippen LogP contribution in [0.5, 0.6) is 0 Å². The quantitative estimate of drug-likeness (QED) is 0.735. The zero-order chi connectivity index (χ0) is 20.4. The SMILES string of the molecule is Cc1nn(C)cc1CN(C)C(=O)NCc1c(C)nn(-c2ccc(F)cc2)c1C. The number of carbonyl (C=O) groups excluding carboxylic acids is 1. The van der Waals surface area contributed by atoms with E-state index in [1.54, 1.807) is 33.4 Å². The second kappa shape index (κ2) is 7.84. The van der Waals surface area contributed by atoms with E-state index in [0.29, 0.717) is 13.1 Å². The molecule has 0 aliphatic heterocycles. The Balaban J connectivity index is 1.67. The number of rotatable bonds is 5. The first-order chi connectivity index (χ1) is 13.3. The van der Waals surface area contributed by atoms with Crippen LogP contribution in [0.3, 0.4) is 0 Å². The summed E-state index contributed by atoms with van der Waals surface area (Å²) in [6.45, 7) is 6.62. The topological polar surface area (TPSA) is 68.0 Å². The summed E-state index contributed by atoms with van der Waals surface area (Å²) in [7, 11) is 3.62. The van der Waals surface area contributed by atoms with Gasteiger partial charge < -0.3 is 10.2 Å². The average molecular weight is 384 g/mol. The predicted octanol–water partition coefficient (Wildman–Crippen LogP) is 3.01. The summed E-state index contributed by atoms with van der Waals surface area (Å²) >= 11 is 0. The first-order valence-electron chi connectivity index (χ1n) is 9.05. The van der Waals surface area contributed by atoms with Crippen molar-refractivity contribution in [2.45, 2.75) is 33.9 Å². The van der Waals surface area contributed by atoms with Crippen molar-refractivity contribution in [3.05, 3.63) is 64.5 Å². The van der Waals surface area contributed by atoms with E-state index in [-0.39, 0.29) is 11.8 Å². The smallest absolute Gasteiger partial charge is 0.317 e. The molecule has 1 aromatic carbocycles. The van der Waals surface area contributed by atoms with Gasteiger partial charge in [-0.2, -0.15) is 10.2 Å². The number of benzene rings is 1. The molecule has 2 heterocycles. The molecule has 3 rings (SSSR count). The molecule has 0 unspecified atom stereocenters. The van der Waals surface area contributed by atoms with Gasteiger partial charge in [0.2, 0.25) is 0 Å². The average Bonchev–Trinajstić information content (AvgIpc) is 3.11. The van der Waals surface area contributed by atoms with Crippen LogP contribution < -0.4 is 5.32 Å². The monoisotopic (exact) mass is 384 g/mol. The minimum absolute atomic E-state index is 0.170. The van der Waals surface area contributed by atoms with Crippen molar-refractivity contribution in [2.24, 2.45) is 7.05 Å². The molecular weight excluding hydrogens is 359 g/mol. The summed E-state index contributed by atoms with van der Waals surface area (Å²) in [4.78, 5) is 14.1. The normalized spacial score (nSPS) is 10.9. The van der Waals surface area contributed by atoms with Gasteiger partial charge in [-0.3, -0.25) is 4.68 Å². The molecule has 0 aliphatic carbocycles. The Hall–Kier alpha value is -3.16. The van der Waals surface area contributed by atoms with Gasteiger partial charge in [-0.15, -0.1) is 0 Å². The van der Waals surface area contributed by atoms with Crippen LogP contribution in [-0.2, 0) is 20.1 Å². The van der Waals surface area contributed by atoms with Crippen LogP contribution in [0.25, 0.3) is 5.69 Å². The van der Waals surface area contributed by atoms with E-state index < -0.39 is 0 Å². The molecule has 2 amide bonds. The number of carbonyl (C=O) groups is 1. The Morgan fingerprint density at radius 1 is 1.14 bits per heavy atom. The van der Waals surface area contributed by atoms with Crippen LogP contribution in [0.15, 0.2) is 30.5 Å². The molecule has 3 aromatic rings. The fourth-order valence-electron chi connectivity index (χ4n) is 3.19. The van der Waals surface area contributed by atoms with Gasteiger partial charge in [0.05, 0.1) is 23.6 Å². The number of urea groups is 1. The second-order valence-corrected chi connectivity index (χ2v) is 6.97. The highest BCUT2D eigenvalue weighted by atomic mass is 19.1. The number of nitrogens with zero attached hydrogens (tertiary/aromatic N) is 5. The summed E-state index contributed by atoms with van der Waals surface area (Å²) in [5, 5.41) is 11.8. The molecule has 2 aromatic heterocycles. The van der Waals surface area contributed by atoms with E-state index in [2.05, 4.69) is 15.5 Å². The zero-order valence-corrected chi connectivity index (χ0v) is 16.8. The molecule has 0 saturated heterocycles. The Bertz CT molecular complexity index is 989. The van der Waals surface area contributed by atoms with E-state index in [1.165, 1.54) is 12.1 Å². The number of amides is 2. The van der Waals surface area contributed by atoms with Crippen molar-refractivity contribution in [1.82, 2.24) is 29.8 Å². The van der Waals surface area contributed by atoms with Gasteiger partial charge in [-0.05, 0) is 45.0 Å². The lowest BCUT2D eigenvalue weighted by molar-refractivity contribution is 0.206. The molecule has 0 atom stereocenters. The first-order valence-corrected chi connectivity index (χ1v) is 9.05. The molecule has 0 bridgehead atoms.